The number of benzene rings is 1. The molecule has 0 aliphatic rings. The lowest BCUT2D eigenvalue weighted by Gasteiger charge is -2.09. The molecule has 1 aromatic carbocycles. The molecule has 1 atom stereocenters. The van der Waals surface area contributed by atoms with Gasteiger partial charge in [-0.1, -0.05) is 17.7 Å². The highest BCUT2D eigenvalue weighted by atomic mass is 35.5. The third kappa shape index (κ3) is 2.26. The summed E-state index contributed by atoms with van der Waals surface area (Å²) in [7, 11) is 0. The van der Waals surface area contributed by atoms with Gasteiger partial charge < -0.3 is 15.9 Å². The van der Waals surface area contributed by atoms with E-state index in [4.69, 9.17) is 22.4 Å². The number of phenols is 2. The third-order valence-electron chi connectivity index (χ3n) is 1.72. The fraction of sp³-hybridized carbons (Fsp3) is 0.333. The van der Waals surface area contributed by atoms with E-state index in [2.05, 4.69) is 0 Å². The number of hydrogen-bond acceptors (Lipinski definition) is 3. The SMILES string of the molecule is CC(N)Cc1ccc(O)c(O)c1Cl. The molecule has 3 nitrogen and oxygen atoms in total. The Morgan fingerprint density at radius 2 is 2.08 bits per heavy atom. The summed E-state index contributed by atoms with van der Waals surface area (Å²) in [4.78, 5) is 0. The van der Waals surface area contributed by atoms with Gasteiger partial charge in [0.05, 0.1) is 5.02 Å². The van der Waals surface area contributed by atoms with Gasteiger partial charge in [-0.25, -0.2) is 0 Å². The maximum absolute atomic E-state index is 9.28. The van der Waals surface area contributed by atoms with Gasteiger partial charge in [-0.15, -0.1) is 0 Å². The second kappa shape index (κ2) is 3.85. The molecular weight excluding hydrogens is 190 g/mol. The fourth-order valence-electron chi connectivity index (χ4n) is 1.10. The number of aromatic hydroxyl groups is 2. The summed E-state index contributed by atoms with van der Waals surface area (Å²) in [5.74, 6) is -0.488. The molecule has 1 rings (SSSR count). The van der Waals surface area contributed by atoms with Crippen molar-refractivity contribution in [3.05, 3.63) is 22.7 Å². The van der Waals surface area contributed by atoms with Crippen LogP contribution in [-0.4, -0.2) is 16.3 Å². The minimum absolute atomic E-state index is 0.0264. The average molecular weight is 202 g/mol. The minimum Gasteiger partial charge on any atom is -0.504 e. The van der Waals surface area contributed by atoms with Crippen LogP contribution in [0.1, 0.15) is 12.5 Å². The highest BCUT2D eigenvalue weighted by Gasteiger charge is 2.10. The second-order valence-electron chi connectivity index (χ2n) is 3.09. The van der Waals surface area contributed by atoms with Crippen LogP contribution in [0.15, 0.2) is 12.1 Å². The summed E-state index contributed by atoms with van der Waals surface area (Å²) in [5, 5.41) is 18.5. The lowest BCUT2D eigenvalue weighted by atomic mass is 10.1. The molecule has 0 saturated heterocycles. The van der Waals surface area contributed by atoms with Crippen LogP contribution in [0.25, 0.3) is 0 Å². The molecule has 0 aliphatic heterocycles. The van der Waals surface area contributed by atoms with E-state index in [1.165, 1.54) is 6.07 Å². The Labute approximate surface area is 81.8 Å². The first-order valence-electron chi connectivity index (χ1n) is 3.97. The van der Waals surface area contributed by atoms with Crippen LogP contribution >= 0.6 is 11.6 Å². The maximum Gasteiger partial charge on any atom is 0.176 e. The van der Waals surface area contributed by atoms with E-state index >= 15 is 0 Å². The monoisotopic (exact) mass is 201 g/mol. The van der Waals surface area contributed by atoms with E-state index in [9.17, 15) is 5.11 Å². The predicted octanol–water partition coefficient (Wildman–Crippen LogP) is 1.64. The molecule has 72 valence electrons. The maximum atomic E-state index is 9.28. The molecule has 13 heavy (non-hydrogen) atoms. The number of hydrogen-bond donors (Lipinski definition) is 3. The molecule has 4 N–H and O–H groups in total. The van der Waals surface area contributed by atoms with Crippen molar-refractivity contribution in [2.24, 2.45) is 5.73 Å². The van der Waals surface area contributed by atoms with Crippen LogP contribution in [0.5, 0.6) is 11.5 Å². The van der Waals surface area contributed by atoms with Crippen molar-refractivity contribution in [2.45, 2.75) is 19.4 Å². The first-order chi connectivity index (χ1) is 6.02. The van der Waals surface area contributed by atoms with Gasteiger partial charge in [0.25, 0.3) is 0 Å². The van der Waals surface area contributed by atoms with Gasteiger partial charge in [-0.05, 0) is 25.0 Å². The molecule has 0 fully saturated rings. The minimum atomic E-state index is -0.278. The van der Waals surface area contributed by atoms with Crippen molar-refractivity contribution in [2.75, 3.05) is 0 Å². The van der Waals surface area contributed by atoms with E-state index in [0.29, 0.717) is 6.42 Å². The van der Waals surface area contributed by atoms with Crippen LogP contribution in [0.2, 0.25) is 5.02 Å². The van der Waals surface area contributed by atoms with E-state index in [0.717, 1.165) is 5.56 Å². The van der Waals surface area contributed by atoms with Crippen molar-refractivity contribution in [3.8, 4) is 11.5 Å². The summed E-state index contributed by atoms with van der Waals surface area (Å²) in [6.45, 7) is 1.85. The molecule has 0 bridgehead atoms. The molecule has 0 saturated carbocycles. The molecular formula is C9H12ClNO2. The van der Waals surface area contributed by atoms with Crippen LogP contribution in [-0.2, 0) is 6.42 Å². The molecule has 0 spiro atoms. The van der Waals surface area contributed by atoms with Gasteiger partial charge in [-0.2, -0.15) is 0 Å². The van der Waals surface area contributed by atoms with E-state index in [1.807, 2.05) is 6.92 Å². The van der Waals surface area contributed by atoms with Gasteiger partial charge in [0.1, 0.15) is 0 Å². The van der Waals surface area contributed by atoms with Crippen molar-refractivity contribution in [1.82, 2.24) is 0 Å². The molecule has 4 heteroatoms. The summed E-state index contributed by atoms with van der Waals surface area (Å²) in [6, 6.07) is 3.03. The fourth-order valence-corrected chi connectivity index (χ4v) is 1.34. The first-order valence-corrected chi connectivity index (χ1v) is 4.35. The molecule has 0 aromatic heterocycles. The zero-order valence-corrected chi connectivity index (χ0v) is 8.04. The van der Waals surface area contributed by atoms with Gasteiger partial charge in [0, 0.05) is 6.04 Å². The smallest absolute Gasteiger partial charge is 0.176 e. The quantitative estimate of drug-likeness (QED) is 0.638. The van der Waals surface area contributed by atoms with Crippen LogP contribution < -0.4 is 5.73 Å². The molecule has 1 unspecified atom stereocenters. The molecule has 1 aromatic rings. The summed E-state index contributed by atoms with van der Waals surface area (Å²) < 4.78 is 0. The normalized spacial score (nSPS) is 12.8. The lowest BCUT2D eigenvalue weighted by Crippen LogP contribution is -2.17. The van der Waals surface area contributed by atoms with Crippen molar-refractivity contribution >= 4 is 11.6 Å². The van der Waals surface area contributed by atoms with Gasteiger partial charge in [0.2, 0.25) is 0 Å². The van der Waals surface area contributed by atoms with Crippen molar-refractivity contribution in [3.63, 3.8) is 0 Å². The Hall–Kier alpha value is -0.930. The second-order valence-corrected chi connectivity index (χ2v) is 3.47. The van der Waals surface area contributed by atoms with Crippen LogP contribution in [0, 0.1) is 0 Å². The summed E-state index contributed by atoms with van der Waals surface area (Å²) >= 11 is 5.78. The third-order valence-corrected chi connectivity index (χ3v) is 2.14. The first kappa shape index (κ1) is 10.2. The predicted molar refractivity (Wildman–Crippen MR) is 52.1 cm³/mol. The zero-order valence-electron chi connectivity index (χ0n) is 7.29. The van der Waals surface area contributed by atoms with E-state index in [-0.39, 0.29) is 22.6 Å². The molecule has 0 aliphatic carbocycles. The Kier molecular flexibility index (Phi) is 3.01. The number of nitrogens with two attached hydrogens (primary N) is 1. The Bertz CT molecular complexity index is 313. The number of rotatable bonds is 2. The average Bonchev–Trinajstić information content (AvgIpc) is 2.06. The van der Waals surface area contributed by atoms with Gasteiger partial charge in [0.15, 0.2) is 11.5 Å². The lowest BCUT2D eigenvalue weighted by molar-refractivity contribution is 0.403. The topological polar surface area (TPSA) is 66.5 Å². The highest BCUT2D eigenvalue weighted by molar-refractivity contribution is 6.33. The Balaban J connectivity index is 3.04. The summed E-state index contributed by atoms with van der Waals surface area (Å²) in [5.41, 5.74) is 6.32. The summed E-state index contributed by atoms with van der Waals surface area (Å²) in [6.07, 6.45) is 0.576. The van der Waals surface area contributed by atoms with Crippen molar-refractivity contribution in [1.29, 1.82) is 0 Å². The van der Waals surface area contributed by atoms with E-state index in [1.54, 1.807) is 6.07 Å². The van der Waals surface area contributed by atoms with Crippen LogP contribution in [0.4, 0.5) is 0 Å². The molecule has 0 amide bonds. The molecule has 0 heterocycles. The standard InChI is InChI=1S/C9H12ClNO2/c1-5(11)4-6-2-3-7(12)9(13)8(6)10/h2-3,5,12-13H,4,11H2,1H3. The van der Waals surface area contributed by atoms with Gasteiger partial charge >= 0.3 is 0 Å². The van der Waals surface area contributed by atoms with Gasteiger partial charge in [-0.3, -0.25) is 0 Å². The largest absolute Gasteiger partial charge is 0.504 e. The Morgan fingerprint density at radius 3 is 2.62 bits per heavy atom. The van der Waals surface area contributed by atoms with Crippen molar-refractivity contribution < 1.29 is 10.2 Å². The molecule has 0 radical (unpaired) electrons. The van der Waals surface area contributed by atoms with Crippen LogP contribution in [0.3, 0.4) is 0 Å². The number of phenolic OH excluding ortho intramolecular Hbond substituents is 2. The Morgan fingerprint density at radius 1 is 1.46 bits per heavy atom. The number of halogens is 1. The zero-order chi connectivity index (χ0) is 10.0. The highest BCUT2D eigenvalue weighted by Crippen LogP contribution is 2.35. The van der Waals surface area contributed by atoms with E-state index < -0.39 is 0 Å².